The molecule has 0 fully saturated rings. The summed E-state index contributed by atoms with van der Waals surface area (Å²) in [5.74, 6) is 0. The van der Waals surface area contributed by atoms with Crippen LogP contribution in [0.25, 0.3) is 11.1 Å². The molecule has 8 aromatic rings. The molecule has 13 rings (SSSR count). The van der Waals surface area contributed by atoms with E-state index in [1.807, 2.05) is 0 Å². The number of anilines is 9. The van der Waals surface area contributed by atoms with E-state index in [0.717, 1.165) is 23.5 Å². The van der Waals surface area contributed by atoms with Crippen molar-refractivity contribution in [2.45, 2.75) is 175 Å². The van der Waals surface area contributed by atoms with Crippen molar-refractivity contribution in [3.05, 3.63) is 202 Å². The number of aryl methyl sites for hydroxylation is 1. The third kappa shape index (κ3) is 7.72. The maximum atomic E-state index is 2.77. The van der Waals surface area contributed by atoms with Crippen molar-refractivity contribution in [2.75, 3.05) is 14.7 Å². The van der Waals surface area contributed by atoms with Crippen molar-refractivity contribution in [2.24, 2.45) is 0 Å². The predicted molar refractivity (Wildman–Crippen MR) is 341 cm³/mol. The molecule has 0 N–H and O–H groups in total. The highest BCUT2D eigenvalue weighted by Gasteiger charge is 2.50. The van der Waals surface area contributed by atoms with Gasteiger partial charge in [-0.05, 0) is 203 Å². The minimum atomic E-state index is -0.294. The fourth-order valence-electron chi connectivity index (χ4n) is 15.6. The van der Waals surface area contributed by atoms with E-state index in [9.17, 15) is 0 Å². The Morgan fingerprint density at radius 2 is 0.937 bits per heavy atom. The topological polar surface area (TPSA) is 9.72 Å². The monoisotopic (exact) mass is 1040 g/mol. The molecule has 4 heteroatoms. The number of benzene rings is 8. The Balaban J connectivity index is 1.17. The van der Waals surface area contributed by atoms with E-state index in [2.05, 4.69) is 284 Å². The molecule has 0 spiro atoms. The van der Waals surface area contributed by atoms with E-state index in [1.165, 1.54) is 125 Å². The lowest BCUT2D eigenvalue weighted by molar-refractivity contribution is 0.332. The van der Waals surface area contributed by atoms with Gasteiger partial charge in [0.25, 0.3) is 6.71 Å². The molecule has 3 aliphatic carbocycles. The first-order chi connectivity index (χ1) is 37.1. The average Bonchev–Trinajstić information content (AvgIpc) is 2.96. The highest BCUT2D eigenvalue weighted by atomic mass is 15.2. The van der Waals surface area contributed by atoms with Crippen LogP contribution in [0.4, 0.5) is 51.2 Å². The van der Waals surface area contributed by atoms with Gasteiger partial charge in [0.1, 0.15) is 0 Å². The van der Waals surface area contributed by atoms with Crippen molar-refractivity contribution in [1.82, 2.24) is 0 Å². The summed E-state index contributed by atoms with van der Waals surface area (Å²) in [5, 5.41) is 0. The van der Waals surface area contributed by atoms with Gasteiger partial charge in [-0.1, -0.05) is 196 Å². The maximum Gasteiger partial charge on any atom is 0.252 e. The van der Waals surface area contributed by atoms with Gasteiger partial charge in [0.05, 0.1) is 5.69 Å². The molecule has 8 aromatic carbocycles. The third-order valence-corrected chi connectivity index (χ3v) is 19.9. The largest absolute Gasteiger partial charge is 0.311 e. The fraction of sp³-hybridized carbons (Fsp3) is 0.360. The molecule has 400 valence electrons. The van der Waals surface area contributed by atoms with Crippen molar-refractivity contribution in [3.63, 3.8) is 0 Å². The van der Waals surface area contributed by atoms with Crippen LogP contribution in [-0.4, -0.2) is 6.71 Å². The lowest BCUT2D eigenvalue weighted by atomic mass is 9.33. The smallest absolute Gasteiger partial charge is 0.252 e. The molecule has 2 aliphatic heterocycles. The molecule has 5 aliphatic rings. The van der Waals surface area contributed by atoms with Crippen LogP contribution in [-0.2, 0) is 37.9 Å². The lowest BCUT2D eigenvalue weighted by Gasteiger charge is -2.47. The summed E-state index contributed by atoms with van der Waals surface area (Å²) in [5.41, 5.74) is 30.4. The molecule has 0 saturated carbocycles. The second-order valence-corrected chi connectivity index (χ2v) is 29.7. The SMILES string of the molecule is Cc1cc2c(cc1N1c3cc4c(cc3B3c5ccc(N(c6ccccc6)c6ccccc6)cc5N(c5cccc6c5C(C)(C)c5cc(C(C)(C)C)ccc5-6)c5cc(C(C)(C)C)cc1c53)C(C)(C)CC4(C)C)C(C)(C)CCC2(C)C. The molecule has 0 atom stereocenters. The first kappa shape index (κ1) is 51.6. The normalized spacial score (nSPS) is 18.2. The fourth-order valence-corrected chi connectivity index (χ4v) is 15.6. The van der Waals surface area contributed by atoms with E-state index in [4.69, 9.17) is 0 Å². The number of rotatable bonds is 5. The summed E-state index contributed by atoms with van der Waals surface area (Å²) in [4.78, 5) is 7.95. The van der Waals surface area contributed by atoms with Crippen LogP contribution in [0.2, 0.25) is 0 Å². The Bertz CT molecular complexity index is 3800. The van der Waals surface area contributed by atoms with Gasteiger partial charge in [-0.15, -0.1) is 0 Å². The molecule has 79 heavy (non-hydrogen) atoms. The van der Waals surface area contributed by atoms with Crippen molar-refractivity contribution >= 4 is 74.3 Å². The molecular formula is C75H82BN3. The van der Waals surface area contributed by atoms with E-state index < -0.39 is 0 Å². The summed E-state index contributed by atoms with van der Waals surface area (Å²) in [6, 6.07) is 59.7. The predicted octanol–water partition coefficient (Wildman–Crippen LogP) is 18.8. The van der Waals surface area contributed by atoms with Crippen LogP contribution in [0, 0.1) is 6.92 Å². The van der Waals surface area contributed by atoms with E-state index in [0.29, 0.717) is 0 Å². The summed E-state index contributed by atoms with van der Waals surface area (Å²) in [7, 11) is 0. The number of nitrogens with zero attached hydrogens (tertiary/aromatic N) is 3. The number of fused-ring (bicyclic) bond motifs is 9. The molecule has 2 heterocycles. The zero-order valence-electron chi connectivity index (χ0n) is 50.5. The molecule has 0 aromatic heterocycles. The maximum absolute atomic E-state index is 2.77. The summed E-state index contributed by atoms with van der Waals surface area (Å²) in [6.07, 6.45) is 3.46. The Hall–Kier alpha value is -6.78. The second kappa shape index (κ2) is 16.9. The average molecular weight is 1040 g/mol. The second-order valence-electron chi connectivity index (χ2n) is 29.7. The van der Waals surface area contributed by atoms with Crippen LogP contribution in [0.5, 0.6) is 0 Å². The zero-order chi connectivity index (χ0) is 55.9. The van der Waals surface area contributed by atoms with Gasteiger partial charge >= 0.3 is 0 Å². The van der Waals surface area contributed by atoms with Gasteiger partial charge in [0, 0.05) is 50.9 Å². The molecular weight excluding hydrogens is 954 g/mol. The zero-order valence-corrected chi connectivity index (χ0v) is 50.5. The van der Waals surface area contributed by atoms with Crippen molar-refractivity contribution in [1.29, 1.82) is 0 Å². The Kier molecular flexibility index (Phi) is 11.0. The molecule has 0 unspecified atom stereocenters. The van der Waals surface area contributed by atoms with E-state index in [-0.39, 0.29) is 44.6 Å². The van der Waals surface area contributed by atoms with Gasteiger partial charge in [0.15, 0.2) is 0 Å². The van der Waals surface area contributed by atoms with Crippen LogP contribution in [0.3, 0.4) is 0 Å². The standard InChI is InChI=1S/C75H82BN3/c1-46-37-55-57(72(10,11)36-35-71(55,8)9)43-62(46)79-64-44-58-56(73(12,13)45-74(58,14)15)42-60(64)76-59-34-32-51(77(49-25-20-18-21-26-49)50-27-22-19-23-28-50)41-63(59)78(65-39-48(70(5,6)7)40-66(79)68(65)76)61-30-24-29-53-52-33-31-47(69(2,3)4)38-54(52)75(16,17)67(53)61/h18-34,37-44H,35-36,45H2,1-17H3. The molecule has 0 amide bonds. The first-order valence-corrected chi connectivity index (χ1v) is 29.5. The van der Waals surface area contributed by atoms with Crippen molar-refractivity contribution < 1.29 is 0 Å². The quantitative estimate of drug-likeness (QED) is 0.159. The first-order valence-electron chi connectivity index (χ1n) is 29.5. The van der Waals surface area contributed by atoms with Crippen LogP contribution < -0.4 is 31.1 Å². The van der Waals surface area contributed by atoms with Gasteiger partial charge < -0.3 is 14.7 Å². The highest BCUT2D eigenvalue weighted by Crippen LogP contribution is 2.59. The van der Waals surface area contributed by atoms with Crippen LogP contribution in [0.15, 0.2) is 152 Å². The number of hydrogen-bond donors (Lipinski definition) is 0. The van der Waals surface area contributed by atoms with E-state index >= 15 is 0 Å². The Morgan fingerprint density at radius 1 is 0.405 bits per heavy atom. The molecule has 3 nitrogen and oxygen atoms in total. The summed E-state index contributed by atoms with van der Waals surface area (Å²) < 4.78 is 0. The molecule has 0 saturated heterocycles. The minimum absolute atomic E-state index is 0.00648. The van der Waals surface area contributed by atoms with Gasteiger partial charge in [-0.2, -0.15) is 0 Å². The summed E-state index contributed by atoms with van der Waals surface area (Å²) >= 11 is 0. The lowest BCUT2D eigenvalue weighted by Crippen LogP contribution is -2.62. The number of para-hydroxylation sites is 2. The van der Waals surface area contributed by atoms with Gasteiger partial charge in [-0.3, -0.25) is 0 Å². The Morgan fingerprint density at radius 3 is 1.53 bits per heavy atom. The molecule has 0 radical (unpaired) electrons. The van der Waals surface area contributed by atoms with Crippen molar-refractivity contribution in [3.8, 4) is 11.1 Å². The summed E-state index contributed by atoms with van der Waals surface area (Å²) in [6.45, 7) is 41.5. The minimum Gasteiger partial charge on any atom is -0.311 e. The van der Waals surface area contributed by atoms with Gasteiger partial charge in [0.2, 0.25) is 0 Å². The Labute approximate surface area is 474 Å². The van der Waals surface area contributed by atoms with Gasteiger partial charge in [-0.25, -0.2) is 0 Å². The van der Waals surface area contributed by atoms with Crippen LogP contribution in [0.1, 0.15) is 180 Å². The molecule has 0 bridgehead atoms. The number of hydrogen-bond acceptors (Lipinski definition) is 3. The third-order valence-electron chi connectivity index (χ3n) is 19.9. The van der Waals surface area contributed by atoms with Crippen LogP contribution >= 0.6 is 0 Å². The highest BCUT2D eigenvalue weighted by molar-refractivity contribution is 7.00. The van der Waals surface area contributed by atoms with E-state index in [1.54, 1.807) is 0 Å².